The van der Waals surface area contributed by atoms with E-state index >= 15 is 0 Å². The summed E-state index contributed by atoms with van der Waals surface area (Å²) in [6.45, 7) is 11.3. The van der Waals surface area contributed by atoms with Crippen LogP contribution in [-0.4, -0.2) is 36.3 Å². The molecule has 2 heterocycles. The highest BCUT2D eigenvalue weighted by Crippen LogP contribution is 2.35. The van der Waals surface area contributed by atoms with Crippen molar-refractivity contribution in [1.82, 2.24) is 9.97 Å². The Morgan fingerprint density at radius 1 is 1.19 bits per heavy atom. The molecule has 1 aromatic rings. The zero-order valence-electron chi connectivity index (χ0n) is 13.7. The lowest BCUT2D eigenvalue weighted by Crippen LogP contribution is -2.38. The maximum atomic E-state index is 6.08. The standard InChI is InChI=1S/C16H27N3O2/c1-5-9-17-14-12(3)13(4)18-15(19-14)16(21-6-2)7-10-20-11-8-16/h5-11H2,1-4H3,(H,17,18,19). The molecule has 1 N–H and O–H groups in total. The van der Waals surface area contributed by atoms with Gasteiger partial charge in [-0.2, -0.15) is 0 Å². The molecular weight excluding hydrogens is 266 g/mol. The average molecular weight is 293 g/mol. The molecule has 1 aliphatic heterocycles. The zero-order chi connectivity index (χ0) is 15.3. The lowest BCUT2D eigenvalue weighted by atomic mass is 9.92. The van der Waals surface area contributed by atoms with Gasteiger partial charge in [0.25, 0.3) is 0 Å². The molecule has 5 nitrogen and oxygen atoms in total. The summed E-state index contributed by atoms with van der Waals surface area (Å²) in [5.41, 5.74) is 1.74. The second-order valence-corrected chi connectivity index (χ2v) is 5.57. The summed E-state index contributed by atoms with van der Waals surface area (Å²) in [4.78, 5) is 9.51. The van der Waals surface area contributed by atoms with Crippen LogP contribution >= 0.6 is 0 Å². The minimum absolute atomic E-state index is 0.395. The highest BCUT2D eigenvalue weighted by atomic mass is 16.5. The SMILES string of the molecule is CCCNc1nc(C2(OCC)CCOCC2)nc(C)c1C. The first-order valence-electron chi connectivity index (χ1n) is 7.94. The van der Waals surface area contributed by atoms with Gasteiger partial charge in [-0.05, 0) is 27.2 Å². The Labute approximate surface area is 127 Å². The molecule has 5 heteroatoms. The number of hydrogen-bond donors (Lipinski definition) is 1. The van der Waals surface area contributed by atoms with Crippen molar-refractivity contribution in [3.63, 3.8) is 0 Å². The van der Waals surface area contributed by atoms with E-state index in [9.17, 15) is 0 Å². The topological polar surface area (TPSA) is 56.3 Å². The zero-order valence-corrected chi connectivity index (χ0v) is 13.7. The van der Waals surface area contributed by atoms with Gasteiger partial charge in [0.1, 0.15) is 11.4 Å². The van der Waals surface area contributed by atoms with Crippen molar-refractivity contribution < 1.29 is 9.47 Å². The van der Waals surface area contributed by atoms with Crippen LogP contribution in [0.5, 0.6) is 0 Å². The fraction of sp³-hybridized carbons (Fsp3) is 0.750. The van der Waals surface area contributed by atoms with Gasteiger partial charge in [-0.25, -0.2) is 9.97 Å². The summed E-state index contributed by atoms with van der Waals surface area (Å²) in [5, 5.41) is 3.40. The highest BCUT2D eigenvalue weighted by molar-refractivity contribution is 5.46. The molecule has 1 saturated heterocycles. The van der Waals surface area contributed by atoms with E-state index < -0.39 is 5.60 Å². The van der Waals surface area contributed by atoms with Gasteiger partial charge in [-0.15, -0.1) is 0 Å². The number of rotatable bonds is 6. The van der Waals surface area contributed by atoms with Gasteiger partial charge in [0.2, 0.25) is 0 Å². The van der Waals surface area contributed by atoms with Crippen molar-refractivity contribution in [2.75, 3.05) is 31.7 Å². The van der Waals surface area contributed by atoms with E-state index in [2.05, 4.69) is 19.2 Å². The summed E-state index contributed by atoms with van der Waals surface area (Å²) >= 11 is 0. The number of anilines is 1. The van der Waals surface area contributed by atoms with Crippen LogP contribution in [0.25, 0.3) is 0 Å². The Kier molecular flexibility index (Phi) is 5.53. The number of hydrogen-bond acceptors (Lipinski definition) is 5. The number of aryl methyl sites for hydroxylation is 1. The van der Waals surface area contributed by atoms with Crippen LogP contribution < -0.4 is 5.32 Å². The first-order valence-corrected chi connectivity index (χ1v) is 7.94. The van der Waals surface area contributed by atoms with Crippen LogP contribution in [0.15, 0.2) is 0 Å². The molecule has 0 aromatic carbocycles. The highest BCUT2D eigenvalue weighted by Gasteiger charge is 2.38. The third kappa shape index (κ3) is 3.52. The first kappa shape index (κ1) is 16.2. The van der Waals surface area contributed by atoms with E-state index in [4.69, 9.17) is 19.4 Å². The van der Waals surface area contributed by atoms with E-state index in [1.165, 1.54) is 0 Å². The van der Waals surface area contributed by atoms with E-state index in [-0.39, 0.29) is 0 Å². The van der Waals surface area contributed by atoms with E-state index in [1.807, 2.05) is 13.8 Å². The fourth-order valence-electron chi connectivity index (χ4n) is 2.66. The third-order valence-corrected chi connectivity index (χ3v) is 4.06. The van der Waals surface area contributed by atoms with Crippen molar-refractivity contribution in [1.29, 1.82) is 0 Å². The molecule has 2 rings (SSSR count). The van der Waals surface area contributed by atoms with Crippen LogP contribution in [0.2, 0.25) is 0 Å². The molecule has 0 atom stereocenters. The minimum Gasteiger partial charge on any atom is -0.381 e. The molecule has 0 saturated carbocycles. The van der Waals surface area contributed by atoms with Crippen molar-refractivity contribution in [2.24, 2.45) is 0 Å². The van der Waals surface area contributed by atoms with Gasteiger partial charge in [0.05, 0.1) is 0 Å². The lowest BCUT2D eigenvalue weighted by Gasteiger charge is -2.35. The normalized spacial score (nSPS) is 17.7. The van der Waals surface area contributed by atoms with Gasteiger partial charge in [0.15, 0.2) is 5.82 Å². The third-order valence-electron chi connectivity index (χ3n) is 4.06. The second-order valence-electron chi connectivity index (χ2n) is 5.57. The molecule has 0 bridgehead atoms. The summed E-state index contributed by atoms with van der Waals surface area (Å²) in [6, 6.07) is 0. The molecule has 1 aliphatic rings. The molecule has 1 fully saturated rings. The molecule has 0 amide bonds. The summed E-state index contributed by atoms with van der Waals surface area (Å²) in [6.07, 6.45) is 2.70. The van der Waals surface area contributed by atoms with Crippen LogP contribution in [-0.2, 0) is 15.1 Å². The second kappa shape index (κ2) is 7.18. The Morgan fingerprint density at radius 3 is 2.52 bits per heavy atom. The predicted molar refractivity (Wildman–Crippen MR) is 83.6 cm³/mol. The van der Waals surface area contributed by atoms with E-state index in [1.54, 1.807) is 0 Å². The lowest BCUT2D eigenvalue weighted by molar-refractivity contribution is -0.117. The van der Waals surface area contributed by atoms with Crippen LogP contribution in [0.4, 0.5) is 5.82 Å². The Hall–Kier alpha value is -1.20. The van der Waals surface area contributed by atoms with Gasteiger partial charge >= 0.3 is 0 Å². The number of nitrogens with zero attached hydrogens (tertiary/aromatic N) is 2. The monoisotopic (exact) mass is 293 g/mol. The quantitative estimate of drug-likeness (QED) is 0.874. The largest absolute Gasteiger partial charge is 0.381 e. The van der Waals surface area contributed by atoms with Crippen molar-refractivity contribution in [3.8, 4) is 0 Å². The van der Waals surface area contributed by atoms with Gasteiger partial charge < -0.3 is 14.8 Å². The van der Waals surface area contributed by atoms with Gasteiger partial charge in [-0.1, -0.05) is 6.92 Å². The number of ether oxygens (including phenoxy) is 2. The molecule has 0 spiro atoms. The van der Waals surface area contributed by atoms with Crippen molar-refractivity contribution >= 4 is 5.82 Å². The van der Waals surface area contributed by atoms with Crippen LogP contribution in [0.3, 0.4) is 0 Å². The maximum absolute atomic E-state index is 6.08. The van der Waals surface area contributed by atoms with E-state index in [0.29, 0.717) is 19.8 Å². The minimum atomic E-state index is -0.395. The molecule has 0 radical (unpaired) electrons. The Bertz CT molecular complexity index is 465. The molecule has 1 aromatic heterocycles. The molecule has 0 unspecified atom stereocenters. The molecule has 21 heavy (non-hydrogen) atoms. The Balaban J connectivity index is 2.37. The number of nitrogens with one attached hydrogen (secondary N) is 1. The molecular formula is C16H27N3O2. The maximum Gasteiger partial charge on any atom is 0.163 e. The van der Waals surface area contributed by atoms with Crippen molar-refractivity contribution in [3.05, 3.63) is 17.1 Å². The molecule has 118 valence electrons. The average Bonchev–Trinajstić information content (AvgIpc) is 2.50. The first-order chi connectivity index (χ1) is 10.1. The summed E-state index contributed by atoms with van der Waals surface area (Å²) in [5.74, 6) is 1.74. The predicted octanol–water partition coefficient (Wildman–Crippen LogP) is 2.96. The Morgan fingerprint density at radius 2 is 1.90 bits per heavy atom. The van der Waals surface area contributed by atoms with Crippen molar-refractivity contribution in [2.45, 2.75) is 52.6 Å². The van der Waals surface area contributed by atoms with E-state index in [0.717, 1.165) is 48.7 Å². The number of aromatic nitrogens is 2. The summed E-state index contributed by atoms with van der Waals surface area (Å²) in [7, 11) is 0. The van der Waals surface area contributed by atoms with Gasteiger partial charge in [0, 0.05) is 50.5 Å². The van der Waals surface area contributed by atoms with Gasteiger partial charge in [-0.3, -0.25) is 0 Å². The van der Waals surface area contributed by atoms with Crippen LogP contribution in [0, 0.1) is 13.8 Å². The van der Waals surface area contributed by atoms with Crippen LogP contribution in [0.1, 0.15) is 50.2 Å². The smallest absolute Gasteiger partial charge is 0.163 e. The fourth-order valence-corrected chi connectivity index (χ4v) is 2.66. The molecule has 0 aliphatic carbocycles. The summed E-state index contributed by atoms with van der Waals surface area (Å²) < 4.78 is 11.6.